The number of hydrogen-bond acceptors (Lipinski definition) is 3. The van der Waals surface area contributed by atoms with Crippen LogP contribution in [0.25, 0.3) is 0 Å². The zero-order chi connectivity index (χ0) is 17.2. The molecule has 23 heavy (non-hydrogen) atoms. The third kappa shape index (κ3) is 3.94. The summed E-state index contributed by atoms with van der Waals surface area (Å²) in [6.45, 7) is 1.83. The highest BCUT2D eigenvalue weighted by Crippen LogP contribution is 2.29. The van der Waals surface area contributed by atoms with Gasteiger partial charge in [0.25, 0.3) is 5.91 Å². The molecule has 0 aliphatic rings. The second-order valence-electron chi connectivity index (χ2n) is 5.42. The minimum atomic E-state index is -4.54. The van der Waals surface area contributed by atoms with Crippen LogP contribution in [0.1, 0.15) is 35.3 Å². The molecule has 0 radical (unpaired) electrons. The van der Waals surface area contributed by atoms with E-state index in [9.17, 15) is 18.0 Å². The first-order chi connectivity index (χ1) is 10.7. The van der Waals surface area contributed by atoms with E-state index in [2.05, 4.69) is 5.10 Å². The molecule has 0 aliphatic carbocycles. The number of nitrogens with zero attached hydrogens (tertiary/aromatic N) is 3. The summed E-state index contributed by atoms with van der Waals surface area (Å²) in [5.41, 5.74) is -1.16. The number of halogens is 3. The molecule has 0 fully saturated rings. The van der Waals surface area contributed by atoms with E-state index in [1.807, 2.05) is 13.0 Å². The van der Waals surface area contributed by atoms with E-state index in [-0.39, 0.29) is 11.7 Å². The lowest BCUT2D eigenvalue weighted by Crippen LogP contribution is -2.35. The molecular formula is C15H18F3N3O2. The summed E-state index contributed by atoms with van der Waals surface area (Å²) in [4.78, 5) is 13.7. The van der Waals surface area contributed by atoms with Gasteiger partial charge >= 0.3 is 6.18 Å². The van der Waals surface area contributed by atoms with Crippen LogP contribution in [0.5, 0.6) is 0 Å². The first-order valence-corrected chi connectivity index (χ1v) is 7.11. The van der Waals surface area contributed by atoms with E-state index in [4.69, 9.17) is 4.42 Å². The predicted octanol–water partition coefficient (Wildman–Crippen LogP) is 3.13. The van der Waals surface area contributed by atoms with Crippen LogP contribution in [0.2, 0.25) is 0 Å². The highest BCUT2D eigenvalue weighted by atomic mass is 19.4. The number of aryl methyl sites for hydroxylation is 2. The van der Waals surface area contributed by atoms with E-state index in [0.29, 0.717) is 17.5 Å². The molecule has 0 N–H and O–H groups in total. The number of aromatic nitrogens is 2. The molecule has 5 nitrogen and oxygen atoms in total. The Morgan fingerprint density at radius 1 is 1.48 bits per heavy atom. The number of carbonyl (C=O) groups excluding carboxylic acids is 1. The molecule has 2 rings (SSSR count). The highest BCUT2D eigenvalue weighted by molar-refractivity contribution is 5.92. The Kier molecular flexibility index (Phi) is 4.82. The normalized spacial score (nSPS) is 13.1. The van der Waals surface area contributed by atoms with E-state index >= 15 is 0 Å². The lowest BCUT2D eigenvalue weighted by atomic mass is 10.1. The molecule has 126 valence electrons. The van der Waals surface area contributed by atoms with Gasteiger partial charge in [0.2, 0.25) is 0 Å². The van der Waals surface area contributed by atoms with Crippen molar-refractivity contribution < 1.29 is 22.4 Å². The summed E-state index contributed by atoms with van der Waals surface area (Å²) >= 11 is 0. The van der Waals surface area contributed by atoms with Crippen molar-refractivity contribution in [2.45, 2.75) is 32.0 Å². The van der Waals surface area contributed by atoms with Gasteiger partial charge in [-0.3, -0.25) is 9.48 Å². The second-order valence-corrected chi connectivity index (χ2v) is 5.42. The maximum Gasteiger partial charge on any atom is 0.433 e. The van der Waals surface area contributed by atoms with Crippen molar-refractivity contribution in [2.75, 3.05) is 7.05 Å². The number of amides is 1. The third-order valence-electron chi connectivity index (χ3n) is 3.76. The number of hydrogen-bond donors (Lipinski definition) is 0. The lowest BCUT2D eigenvalue weighted by molar-refractivity contribution is -0.143. The minimum absolute atomic E-state index is 0.163. The lowest BCUT2D eigenvalue weighted by Gasteiger charge is -2.23. The third-order valence-corrected chi connectivity index (χ3v) is 3.76. The van der Waals surface area contributed by atoms with Gasteiger partial charge in [-0.05, 0) is 25.5 Å². The van der Waals surface area contributed by atoms with Crippen LogP contribution in [-0.4, -0.2) is 33.7 Å². The number of rotatable bonds is 5. The largest absolute Gasteiger partial charge is 0.469 e. The van der Waals surface area contributed by atoms with Gasteiger partial charge in [-0.15, -0.1) is 0 Å². The van der Waals surface area contributed by atoms with Crippen molar-refractivity contribution >= 4 is 5.91 Å². The van der Waals surface area contributed by atoms with Gasteiger partial charge in [0.05, 0.1) is 6.26 Å². The molecule has 1 unspecified atom stereocenters. The van der Waals surface area contributed by atoms with Crippen molar-refractivity contribution in [1.29, 1.82) is 0 Å². The van der Waals surface area contributed by atoms with Gasteiger partial charge in [-0.25, -0.2) is 0 Å². The van der Waals surface area contributed by atoms with Gasteiger partial charge in [0.1, 0.15) is 11.5 Å². The zero-order valence-corrected chi connectivity index (χ0v) is 13.1. The van der Waals surface area contributed by atoms with Crippen molar-refractivity contribution in [3.8, 4) is 0 Å². The quantitative estimate of drug-likeness (QED) is 0.847. The van der Waals surface area contributed by atoms with Crippen molar-refractivity contribution in [3.63, 3.8) is 0 Å². The van der Waals surface area contributed by atoms with Gasteiger partial charge in [0, 0.05) is 32.6 Å². The molecular weight excluding hydrogens is 311 g/mol. The monoisotopic (exact) mass is 329 g/mol. The molecule has 0 aliphatic heterocycles. The van der Waals surface area contributed by atoms with Crippen LogP contribution in [-0.2, 0) is 19.6 Å². The molecule has 8 heteroatoms. The number of furan rings is 1. The summed E-state index contributed by atoms with van der Waals surface area (Å²) in [6.07, 6.45) is -1.69. The fourth-order valence-corrected chi connectivity index (χ4v) is 2.22. The van der Waals surface area contributed by atoms with Crippen LogP contribution in [0, 0.1) is 0 Å². The molecule has 1 amide bonds. The predicted molar refractivity (Wildman–Crippen MR) is 76.8 cm³/mol. The second kappa shape index (κ2) is 6.47. The van der Waals surface area contributed by atoms with Gasteiger partial charge in [-0.2, -0.15) is 18.3 Å². The maximum atomic E-state index is 12.8. The number of alkyl halides is 3. The average Bonchev–Trinajstić information content (AvgIpc) is 3.11. The maximum absolute atomic E-state index is 12.8. The zero-order valence-electron chi connectivity index (χ0n) is 13.1. The fraction of sp³-hybridized carbons (Fsp3) is 0.467. The van der Waals surface area contributed by atoms with Crippen LogP contribution in [0.3, 0.4) is 0 Å². The Morgan fingerprint density at radius 2 is 2.17 bits per heavy atom. The Morgan fingerprint density at radius 3 is 2.70 bits per heavy atom. The molecule has 2 aromatic rings. The summed E-state index contributed by atoms with van der Waals surface area (Å²) in [5, 5.41) is 3.68. The van der Waals surface area contributed by atoms with Crippen molar-refractivity contribution in [1.82, 2.24) is 14.7 Å². The Labute approximate surface area is 131 Å². The first-order valence-electron chi connectivity index (χ1n) is 7.11. The van der Waals surface area contributed by atoms with E-state index in [0.717, 1.165) is 11.8 Å². The minimum Gasteiger partial charge on any atom is -0.469 e. The van der Waals surface area contributed by atoms with E-state index in [1.54, 1.807) is 19.4 Å². The molecule has 0 saturated carbocycles. The van der Waals surface area contributed by atoms with E-state index in [1.165, 1.54) is 11.9 Å². The fourth-order valence-electron chi connectivity index (χ4n) is 2.22. The molecule has 2 heterocycles. The van der Waals surface area contributed by atoms with Crippen molar-refractivity contribution in [3.05, 3.63) is 41.6 Å². The standard InChI is InChI=1S/C15H18F3N3O2/c1-10(6-7-11-5-4-8-23-11)20(2)14(22)12-9-13(15(16,17)18)21(3)19-12/h4-5,8-10H,6-7H2,1-3H3. The number of carbonyl (C=O) groups is 1. The van der Waals surface area contributed by atoms with Crippen LogP contribution in [0.4, 0.5) is 13.2 Å². The molecule has 0 saturated heterocycles. The Balaban J connectivity index is 2.04. The summed E-state index contributed by atoms with van der Waals surface area (Å²) in [6, 6.07) is 4.23. The SMILES string of the molecule is CC(CCc1ccco1)N(C)C(=O)c1cc(C(F)(F)F)n(C)n1. The van der Waals surface area contributed by atoms with Gasteiger partial charge in [-0.1, -0.05) is 0 Å². The first kappa shape index (κ1) is 17.1. The topological polar surface area (TPSA) is 51.3 Å². The smallest absolute Gasteiger partial charge is 0.433 e. The molecule has 0 spiro atoms. The molecule has 1 atom stereocenters. The summed E-state index contributed by atoms with van der Waals surface area (Å²) in [7, 11) is 2.72. The summed E-state index contributed by atoms with van der Waals surface area (Å²) < 4.78 is 44.2. The Bertz CT molecular complexity index is 662. The van der Waals surface area contributed by atoms with Crippen LogP contribution in [0.15, 0.2) is 28.9 Å². The average molecular weight is 329 g/mol. The molecule has 0 bridgehead atoms. The van der Waals surface area contributed by atoms with Crippen molar-refractivity contribution in [2.24, 2.45) is 7.05 Å². The highest BCUT2D eigenvalue weighted by Gasteiger charge is 2.36. The van der Waals surface area contributed by atoms with Gasteiger partial charge in [0.15, 0.2) is 5.69 Å². The summed E-state index contributed by atoms with van der Waals surface area (Å²) in [5.74, 6) is 0.262. The molecule has 0 aromatic carbocycles. The van der Waals surface area contributed by atoms with Crippen LogP contribution >= 0.6 is 0 Å². The van der Waals surface area contributed by atoms with Crippen LogP contribution < -0.4 is 0 Å². The molecule has 2 aromatic heterocycles. The van der Waals surface area contributed by atoms with Gasteiger partial charge < -0.3 is 9.32 Å². The van der Waals surface area contributed by atoms with E-state index < -0.39 is 17.8 Å². The Hall–Kier alpha value is -2.25.